The molecule has 3 aromatic carbocycles. The van der Waals surface area contributed by atoms with Crippen molar-refractivity contribution in [3.8, 4) is 11.3 Å². The van der Waals surface area contributed by atoms with Crippen molar-refractivity contribution in [2.45, 2.75) is 17.1 Å². The summed E-state index contributed by atoms with van der Waals surface area (Å²) in [6, 6.07) is 22.2. The molecule has 182 valence electrons. The van der Waals surface area contributed by atoms with E-state index in [1.807, 2.05) is 66.9 Å². The van der Waals surface area contributed by atoms with Crippen LogP contribution in [-0.4, -0.2) is 22.0 Å². The quantitative estimate of drug-likeness (QED) is 0.172. The second-order valence-electron chi connectivity index (χ2n) is 7.67. The number of hydrogen-bond acceptors (Lipinski definition) is 5. The summed E-state index contributed by atoms with van der Waals surface area (Å²) >= 11 is 15.0. The molecule has 0 saturated heterocycles. The maximum absolute atomic E-state index is 12.7. The van der Waals surface area contributed by atoms with E-state index in [9.17, 15) is 9.59 Å². The van der Waals surface area contributed by atoms with Gasteiger partial charge in [0.15, 0.2) is 5.13 Å². The van der Waals surface area contributed by atoms with Crippen LogP contribution in [0, 0.1) is 0 Å². The molecule has 0 radical (unpaired) electrons. The molecule has 5 nitrogen and oxygen atoms in total. The zero-order valence-corrected chi connectivity index (χ0v) is 22.2. The van der Waals surface area contributed by atoms with Crippen LogP contribution in [0.1, 0.15) is 12.5 Å². The molecule has 4 rings (SSSR count). The summed E-state index contributed by atoms with van der Waals surface area (Å²) < 4.78 is 0. The van der Waals surface area contributed by atoms with Gasteiger partial charge in [-0.15, -0.1) is 23.1 Å². The first-order valence-electron chi connectivity index (χ1n) is 10.9. The van der Waals surface area contributed by atoms with Crippen LogP contribution in [0.4, 0.5) is 10.8 Å². The third-order valence-corrected chi connectivity index (χ3v) is 7.39. The molecule has 1 aromatic heterocycles. The summed E-state index contributed by atoms with van der Waals surface area (Å²) in [5, 5.41) is 8.72. The number of hydrogen-bond donors (Lipinski definition) is 2. The topological polar surface area (TPSA) is 71.1 Å². The van der Waals surface area contributed by atoms with Gasteiger partial charge in [0.2, 0.25) is 11.8 Å². The smallest absolute Gasteiger partial charge is 0.248 e. The lowest BCUT2D eigenvalue weighted by molar-refractivity contribution is -0.115. The predicted molar refractivity (Wildman–Crippen MR) is 152 cm³/mol. The molecule has 4 aromatic rings. The van der Waals surface area contributed by atoms with E-state index in [1.165, 1.54) is 29.2 Å². The fourth-order valence-electron chi connectivity index (χ4n) is 3.15. The fourth-order valence-corrected chi connectivity index (χ4v) is 5.24. The van der Waals surface area contributed by atoms with Gasteiger partial charge in [-0.05, 0) is 61.0 Å². The fraction of sp³-hybridized carbons (Fsp3) is 0.0741. The van der Waals surface area contributed by atoms with Crippen LogP contribution in [0.5, 0.6) is 0 Å². The highest BCUT2D eigenvalue weighted by Crippen LogP contribution is 2.33. The minimum Gasteiger partial charge on any atom is -0.323 e. The Bertz CT molecular complexity index is 1390. The second kappa shape index (κ2) is 12.2. The Balaban J connectivity index is 1.29. The highest BCUT2D eigenvalue weighted by atomic mass is 35.5. The molecule has 0 saturated carbocycles. The average Bonchev–Trinajstić information content (AvgIpc) is 3.32. The van der Waals surface area contributed by atoms with Gasteiger partial charge in [-0.25, -0.2) is 4.98 Å². The van der Waals surface area contributed by atoms with Gasteiger partial charge in [-0.2, -0.15) is 0 Å². The molecule has 9 heteroatoms. The number of anilines is 2. The van der Waals surface area contributed by atoms with Crippen molar-refractivity contribution in [3.63, 3.8) is 0 Å². The number of carbonyl (C=O) groups excluding carboxylic acids is 2. The number of nitrogens with zero attached hydrogens (tertiary/aromatic N) is 1. The summed E-state index contributed by atoms with van der Waals surface area (Å²) in [5.41, 5.74) is 3.06. The van der Waals surface area contributed by atoms with E-state index in [1.54, 1.807) is 24.3 Å². The standard InChI is InChI=1S/C27H21Cl2N3O2S2/c1-17(26(34)32-27-31-24(16-35-27)22-13-8-19(28)15-23(22)29)36-21-11-9-20(10-12-21)30-25(33)14-7-18-5-3-2-4-6-18/h2-17H,1H3,(H,30,33)(H,31,32,34)/b14-7+. The summed E-state index contributed by atoms with van der Waals surface area (Å²) in [5.74, 6) is -0.374. The maximum atomic E-state index is 12.7. The molecular weight excluding hydrogens is 533 g/mol. The third kappa shape index (κ3) is 7.21. The predicted octanol–water partition coefficient (Wildman–Crippen LogP) is 7.89. The molecule has 1 atom stereocenters. The van der Waals surface area contributed by atoms with E-state index in [-0.39, 0.29) is 17.1 Å². The minimum absolute atomic E-state index is 0.161. The van der Waals surface area contributed by atoms with Gasteiger partial charge in [0, 0.05) is 32.6 Å². The zero-order valence-electron chi connectivity index (χ0n) is 19.1. The van der Waals surface area contributed by atoms with Crippen molar-refractivity contribution in [2.75, 3.05) is 10.6 Å². The van der Waals surface area contributed by atoms with Crippen molar-refractivity contribution in [1.82, 2.24) is 4.98 Å². The average molecular weight is 555 g/mol. The maximum Gasteiger partial charge on any atom is 0.248 e. The van der Waals surface area contributed by atoms with Gasteiger partial charge >= 0.3 is 0 Å². The van der Waals surface area contributed by atoms with Gasteiger partial charge in [-0.3, -0.25) is 9.59 Å². The van der Waals surface area contributed by atoms with Gasteiger partial charge in [0.1, 0.15) is 0 Å². The summed E-state index contributed by atoms with van der Waals surface area (Å²) in [6.45, 7) is 1.83. The number of carbonyl (C=O) groups is 2. The Labute approximate surface area is 227 Å². The molecule has 0 fully saturated rings. The number of halogens is 2. The Hall–Kier alpha value is -3.10. The number of nitrogens with one attached hydrogen (secondary N) is 2. The van der Waals surface area contributed by atoms with E-state index in [2.05, 4.69) is 15.6 Å². The molecule has 1 unspecified atom stereocenters. The van der Waals surface area contributed by atoms with Gasteiger partial charge in [0.05, 0.1) is 16.0 Å². The lowest BCUT2D eigenvalue weighted by Gasteiger charge is -2.11. The normalized spacial score (nSPS) is 11.9. The summed E-state index contributed by atoms with van der Waals surface area (Å²) in [6.07, 6.45) is 3.25. The number of thiazole rings is 1. The van der Waals surface area contributed by atoms with Gasteiger partial charge in [0.25, 0.3) is 0 Å². The summed E-state index contributed by atoms with van der Waals surface area (Å²) in [7, 11) is 0. The number of amides is 2. The molecule has 0 aliphatic heterocycles. The number of benzene rings is 3. The largest absolute Gasteiger partial charge is 0.323 e. The van der Waals surface area contributed by atoms with Crippen LogP contribution in [-0.2, 0) is 9.59 Å². The molecule has 0 bridgehead atoms. The van der Waals surface area contributed by atoms with Crippen molar-refractivity contribution in [1.29, 1.82) is 0 Å². The Morgan fingerprint density at radius 3 is 2.47 bits per heavy atom. The lowest BCUT2D eigenvalue weighted by Crippen LogP contribution is -2.22. The summed E-state index contributed by atoms with van der Waals surface area (Å²) in [4.78, 5) is 30.2. The van der Waals surface area contributed by atoms with E-state index in [4.69, 9.17) is 23.2 Å². The lowest BCUT2D eigenvalue weighted by atomic mass is 10.2. The van der Waals surface area contributed by atoms with Crippen molar-refractivity contribution in [2.24, 2.45) is 0 Å². The Kier molecular flexibility index (Phi) is 8.83. The molecule has 2 amide bonds. The monoisotopic (exact) mass is 553 g/mol. The van der Waals surface area contributed by atoms with Gasteiger partial charge in [-0.1, -0.05) is 53.5 Å². The highest BCUT2D eigenvalue weighted by Gasteiger charge is 2.17. The van der Waals surface area contributed by atoms with Crippen LogP contribution in [0.25, 0.3) is 17.3 Å². The second-order valence-corrected chi connectivity index (χ2v) is 10.8. The van der Waals surface area contributed by atoms with Crippen molar-refractivity contribution >= 4 is 75.0 Å². The molecule has 0 aliphatic rings. The van der Waals surface area contributed by atoms with Crippen LogP contribution in [0.3, 0.4) is 0 Å². The molecule has 0 aliphatic carbocycles. The van der Waals surface area contributed by atoms with E-state index < -0.39 is 0 Å². The Morgan fingerprint density at radius 1 is 1.00 bits per heavy atom. The SMILES string of the molecule is CC(Sc1ccc(NC(=O)/C=C/c2ccccc2)cc1)C(=O)Nc1nc(-c2ccc(Cl)cc2Cl)cs1. The first-order valence-corrected chi connectivity index (χ1v) is 13.4. The highest BCUT2D eigenvalue weighted by molar-refractivity contribution is 8.00. The zero-order chi connectivity index (χ0) is 25.5. The molecule has 1 heterocycles. The van der Waals surface area contributed by atoms with Crippen molar-refractivity contribution in [3.05, 3.63) is 99.9 Å². The number of rotatable bonds is 8. The third-order valence-electron chi connectivity index (χ3n) is 4.97. The van der Waals surface area contributed by atoms with Crippen LogP contribution in [0.2, 0.25) is 10.0 Å². The van der Waals surface area contributed by atoms with E-state index >= 15 is 0 Å². The molecule has 2 N–H and O–H groups in total. The van der Waals surface area contributed by atoms with Gasteiger partial charge < -0.3 is 10.6 Å². The number of thioether (sulfide) groups is 1. The number of aromatic nitrogens is 1. The molecule has 36 heavy (non-hydrogen) atoms. The first-order chi connectivity index (χ1) is 17.4. The first kappa shape index (κ1) is 26.0. The molecular formula is C27H21Cl2N3O2S2. The minimum atomic E-state index is -0.356. The van der Waals surface area contributed by atoms with E-state index in [0.717, 1.165) is 16.0 Å². The van der Waals surface area contributed by atoms with Crippen molar-refractivity contribution < 1.29 is 9.59 Å². The van der Waals surface area contributed by atoms with Crippen LogP contribution >= 0.6 is 46.3 Å². The van der Waals surface area contributed by atoms with Crippen LogP contribution < -0.4 is 10.6 Å². The van der Waals surface area contributed by atoms with E-state index in [0.29, 0.717) is 26.6 Å². The van der Waals surface area contributed by atoms with Crippen LogP contribution in [0.15, 0.2) is 89.1 Å². The Morgan fingerprint density at radius 2 is 1.75 bits per heavy atom. The molecule has 0 spiro atoms.